The summed E-state index contributed by atoms with van der Waals surface area (Å²) in [5.41, 5.74) is 0.793. The van der Waals surface area contributed by atoms with E-state index in [0.29, 0.717) is 16.2 Å². The van der Waals surface area contributed by atoms with Crippen LogP contribution in [0.1, 0.15) is 18.3 Å². The molecule has 1 atom stereocenters. The molecule has 0 saturated carbocycles. The van der Waals surface area contributed by atoms with Gasteiger partial charge in [0.1, 0.15) is 0 Å². The van der Waals surface area contributed by atoms with Gasteiger partial charge >= 0.3 is 6.18 Å². The van der Waals surface area contributed by atoms with Gasteiger partial charge in [0.15, 0.2) is 11.5 Å². The SMILES string of the molecule is C[C@@H](Sc1nnc(C(F)(F)F)n1N)C(=O)NCc1ccc2c(c1)OCO2. The van der Waals surface area contributed by atoms with Gasteiger partial charge in [-0.05, 0) is 24.6 Å². The van der Waals surface area contributed by atoms with Gasteiger partial charge in [0, 0.05) is 6.54 Å². The number of fused-ring (bicyclic) bond motifs is 1. The summed E-state index contributed by atoms with van der Waals surface area (Å²) in [5, 5.41) is 8.15. The maximum Gasteiger partial charge on any atom is 0.453 e. The van der Waals surface area contributed by atoms with Crippen molar-refractivity contribution in [3.8, 4) is 11.5 Å². The van der Waals surface area contributed by atoms with Crippen molar-refractivity contribution in [2.24, 2.45) is 0 Å². The average molecular weight is 389 g/mol. The minimum Gasteiger partial charge on any atom is -0.454 e. The molecule has 12 heteroatoms. The number of nitrogen functional groups attached to an aromatic ring is 1. The summed E-state index contributed by atoms with van der Waals surface area (Å²) in [4.78, 5) is 12.2. The number of hydrogen-bond donors (Lipinski definition) is 2. The van der Waals surface area contributed by atoms with Crippen molar-refractivity contribution in [2.75, 3.05) is 12.6 Å². The lowest BCUT2D eigenvalue weighted by atomic mass is 10.2. The predicted octanol–water partition coefficient (Wildman–Crippen LogP) is 1.54. The van der Waals surface area contributed by atoms with Gasteiger partial charge in [-0.1, -0.05) is 17.8 Å². The van der Waals surface area contributed by atoms with E-state index in [1.807, 2.05) is 0 Å². The molecule has 0 spiro atoms. The van der Waals surface area contributed by atoms with Gasteiger partial charge in [0.25, 0.3) is 5.82 Å². The number of benzene rings is 1. The van der Waals surface area contributed by atoms with Crippen molar-refractivity contribution in [1.29, 1.82) is 0 Å². The Hall–Kier alpha value is -2.63. The summed E-state index contributed by atoms with van der Waals surface area (Å²) >= 11 is 0.778. The molecule has 1 aromatic carbocycles. The maximum absolute atomic E-state index is 12.7. The van der Waals surface area contributed by atoms with Crippen molar-refractivity contribution >= 4 is 17.7 Å². The van der Waals surface area contributed by atoms with Gasteiger partial charge in [0.05, 0.1) is 5.25 Å². The average Bonchev–Trinajstić information content (AvgIpc) is 3.18. The van der Waals surface area contributed by atoms with Crippen LogP contribution in [0.3, 0.4) is 0 Å². The number of nitrogens with two attached hydrogens (primary N) is 1. The lowest BCUT2D eigenvalue weighted by Crippen LogP contribution is -2.31. The molecule has 2 aromatic rings. The molecule has 1 aromatic heterocycles. The number of alkyl halides is 3. The highest BCUT2D eigenvalue weighted by molar-refractivity contribution is 8.00. The zero-order valence-electron chi connectivity index (χ0n) is 13.4. The highest BCUT2D eigenvalue weighted by Gasteiger charge is 2.38. The molecule has 0 saturated heterocycles. The lowest BCUT2D eigenvalue weighted by Gasteiger charge is -2.12. The van der Waals surface area contributed by atoms with Crippen LogP contribution in [-0.2, 0) is 17.5 Å². The quantitative estimate of drug-likeness (QED) is 0.590. The molecule has 0 radical (unpaired) electrons. The van der Waals surface area contributed by atoms with Crippen molar-refractivity contribution in [1.82, 2.24) is 20.2 Å². The molecule has 0 unspecified atom stereocenters. The highest BCUT2D eigenvalue weighted by Crippen LogP contribution is 2.32. The molecule has 1 aliphatic heterocycles. The first-order valence-electron chi connectivity index (χ1n) is 7.36. The summed E-state index contributed by atoms with van der Waals surface area (Å²) in [5.74, 6) is 4.86. The third-order valence-electron chi connectivity index (χ3n) is 3.47. The van der Waals surface area contributed by atoms with E-state index in [0.717, 1.165) is 17.3 Å². The molecule has 0 bridgehead atoms. The van der Waals surface area contributed by atoms with Crippen LogP contribution < -0.4 is 20.6 Å². The molecule has 1 aliphatic rings. The number of rotatable bonds is 5. The molecule has 3 N–H and O–H groups in total. The Labute approximate surface area is 149 Å². The summed E-state index contributed by atoms with van der Waals surface area (Å²) in [6.07, 6.45) is -4.72. The Bertz CT molecular complexity index is 827. The normalized spacial score (nSPS) is 14.3. The van der Waals surface area contributed by atoms with E-state index < -0.39 is 17.3 Å². The molecule has 8 nitrogen and oxygen atoms in total. The highest BCUT2D eigenvalue weighted by atomic mass is 32.2. The summed E-state index contributed by atoms with van der Waals surface area (Å²) in [6.45, 7) is 1.91. The third-order valence-corrected chi connectivity index (χ3v) is 4.53. The van der Waals surface area contributed by atoms with Crippen LogP contribution >= 0.6 is 11.8 Å². The smallest absolute Gasteiger partial charge is 0.453 e. The fourth-order valence-corrected chi connectivity index (χ4v) is 2.94. The Balaban J connectivity index is 1.58. The van der Waals surface area contributed by atoms with E-state index in [1.165, 1.54) is 6.92 Å². The first-order chi connectivity index (χ1) is 12.3. The molecule has 0 aliphatic carbocycles. The standard InChI is InChI=1S/C14H14F3N5O3S/c1-7(26-13-21-20-12(22(13)18)14(15,16)17)11(23)19-5-8-2-3-9-10(4-8)25-6-24-9/h2-4,7H,5-6,18H2,1H3,(H,19,23)/t7-/m1/s1. The Morgan fingerprint density at radius 1 is 1.38 bits per heavy atom. The Kier molecular flexibility index (Phi) is 4.85. The predicted molar refractivity (Wildman–Crippen MR) is 84.9 cm³/mol. The number of ether oxygens (including phenoxy) is 2. The number of halogens is 3. The van der Waals surface area contributed by atoms with Crippen LogP contribution in [0.5, 0.6) is 11.5 Å². The van der Waals surface area contributed by atoms with E-state index in [1.54, 1.807) is 18.2 Å². The second-order valence-electron chi connectivity index (χ2n) is 5.34. The number of hydrogen-bond acceptors (Lipinski definition) is 7. The van der Waals surface area contributed by atoms with Crippen LogP contribution in [0, 0.1) is 0 Å². The number of amides is 1. The van der Waals surface area contributed by atoms with Crippen molar-refractivity contribution in [2.45, 2.75) is 30.1 Å². The van der Waals surface area contributed by atoms with Gasteiger partial charge in [0.2, 0.25) is 17.9 Å². The van der Waals surface area contributed by atoms with Crippen LogP contribution in [-0.4, -0.2) is 32.8 Å². The molecule has 0 fully saturated rings. The van der Waals surface area contributed by atoms with Crippen molar-refractivity contribution in [3.05, 3.63) is 29.6 Å². The molecular weight excluding hydrogens is 375 g/mol. The fraction of sp³-hybridized carbons (Fsp3) is 0.357. The van der Waals surface area contributed by atoms with Gasteiger partial charge in [-0.15, -0.1) is 10.2 Å². The van der Waals surface area contributed by atoms with E-state index in [2.05, 4.69) is 15.5 Å². The third kappa shape index (κ3) is 3.79. The molecule has 26 heavy (non-hydrogen) atoms. The molecule has 1 amide bonds. The van der Waals surface area contributed by atoms with Gasteiger partial charge in [-0.25, -0.2) is 4.68 Å². The van der Waals surface area contributed by atoms with Crippen LogP contribution in [0.4, 0.5) is 13.2 Å². The number of carbonyl (C=O) groups is 1. The van der Waals surface area contributed by atoms with Crippen LogP contribution in [0.25, 0.3) is 0 Å². The molecule has 140 valence electrons. The second kappa shape index (κ2) is 6.94. The summed E-state index contributed by atoms with van der Waals surface area (Å²) in [6, 6.07) is 5.25. The maximum atomic E-state index is 12.7. The number of nitrogens with zero attached hydrogens (tertiary/aromatic N) is 3. The molecule has 2 heterocycles. The van der Waals surface area contributed by atoms with E-state index in [9.17, 15) is 18.0 Å². The first-order valence-corrected chi connectivity index (χ1v) is 8.24. The zero-order valence-corrected chi connectivity index (χ0v) is 14.2. The summed E-state index contributed by atoms with van der Waals surface area (Å²) in [7, 11) is 0. The Morgan fingerprint density at radius 3 is 2.81 bits per heavy atom. The number of carbonyl (C=O) groups excluding carboxylic acids is 1. The number of thioether (sulfide) groups is 1. The Morgan fingerprint density at radius 2 is 2.12 bits per heavy atom. The second-order valence-corrected chi connectivity index (χ2v) is 6.65. The largest absolute Gasteiger partial charge is 0.454 e. The van der Waals surface area contributed by atoms with Gasteiger partial charge in [-0.2, -0.15) is 13.2 Å². The molecular formula is C14H14F3N5O3S. The number of nitrogens with one attached hydrogen (secondary N) is 1. The molecule has 3 rings (SSSR count). The topological polar surface area (TPSA) is 104 Å². The van der Waals surface area contributed by atoms with E-state index in [-0.39, 0.29) is 24.4 Å². The zero-order chi connectivity index (χ0) is 18.9. The van der Waals surface area contributed by atoms with Gasteiger partial charge in [-0.3, -0.25) is 4.79 Å². The minimum absolute atomic E-state index is 0.151. The van der Waals surface area contributed by atoms with Crippen LogP contribution in [0.15, 0.2) is 23.4 Å². The lowest BCUT2D eigenvalue weighted by molar-refractivity contribution is -0.146. The van der Waals surface area contributed by atoms with Crippen LogP contribution in [0.2, 0.25) is 0 Å². The van der Waals surface area contributed by atoms with Crippen molar-refractivity contribution < 1.29 is 27.4 Å². The fourth-order valence-electron chi connectivity index (χ4n) is 2.15. The van der Waals surface area contributed by atoms with Gasteiger partial charge < -0.3 is 20.6 Å². The van der Waals surface area contributed by atoms with Crippen molar-refractivity contribution in [3.63, 3.8) is 0 Å². The minimum atomic E-state index is -4.72. The first kappa shape index (κ1) is 18.2. The number of aromatic nitrogens is 3. The summed E-state index contributed by atoms with van der Waals surface area (Å²) < 4.78 is 48.7. The van der Waals surface area contributed by atoms with E-state index >= 15 is 0 Å². The van der Waals surface area contributed by atoms with E-state index in [4.69, 9.17) is 15.3 Å². The monoisotopic (exact) mass is 389 g/mol.